The second-order valence-corrected chi connectivity index (χ2v) is 11.1. The number of fused-ring (bicyclic) bond motifs is 5. The lowest BCUT2D eigenvalue weighted by Crippen LogP contribution is -2.62. The smallest absolute Gasteiger partial charge is 0.306 e. The molecule has 3 saturated carbocycles. The molecule has 0 aliphatic heterocycles. The van der Waals surface area contributed by atoms with Crippen molar-refractivity contribution < 1.29 is 39.2 Å². The number of ketones is 2. The van der Waals surface area contributed by atoms with Crippen LogP contribution in [0.2, 0.25) is 0 Å². The standard InChI is InChI=1S/C26H34O8/c1-14-10-16-17-7-9-26(33,20(29)13-34-22(32)5-4-21(30)31)25(17,3)12-19(28)23(16)24(2)8-6-15(27)11-18(14)24/h6,8,11,14,16-17,19,23,28,33H,4-5,7,9-10,12-13H2,1-3H3,(H,30,31)/t14-,16-,17+,19-,23+,24-,25-,26-/m0/s1. The first-order valence-electron chi connectivity index (χ1n) is 12.1. The molecule has 0 bridgehead atoms. The number of esters is 1. The number of rotatable bonds is 6. The zero-order chi connectivity index (χ0) is 25.1. The second-order valence-electron chi connectivity index (χ2n) is 11.1. The van der Waals surface area contributed by atoms with Crippen LogP contribution in [-0.4, -0.2) is 57.1 Å². The number of carbonyl (C=O) groups excluding carboxylic acids is 3. The van der Waals surface area contributed by atoms with Crippen LogP contribution < -0.4 is 0 Å². The highest BCUT2D eigenvalue weighted by Gasteiger charge is 2.68. The van der Waals surface area contributed by atoms with Crippen molar-refractivity contribution in [2.75, 3.05) is 6.61 Å². The van der Waals surface area contributed by atoms with Gasteiger partial charge in [0, 0.05) is 16.7 Å². The number of ether oxygens (including phenoxy) is 1. The number of aliphatic carboxylic acids is 1. The van der Waals surface area contributed by atoms with Gasteiger partial charge in [-0.2, -0.15) is 0 Å². The lowest BCUT2D eigenvalue weighted by molar-refractivity contribution is -0.182. The Bertz CT molecular complexity index is 981. The van der Waals surface area contributed by atoms with Crippen molar-refractivity contribution in [3.63, 3.8) is 0 Å². The summed E-state index contributed by atoms with van der Waals surface area (Å²) in [6.45, 7) is 5.40. The largest absolute Gasteiger partial charge is 0.481 e. The van der Waals surface area contributed by atoms with E-state index in [1.165, 1.54) is 0 Å². The lowest BCUT2D eigenvalue weighted by Gasteiger charge is -2.60. The fourth-order valence-electron chi connectivity index (χ4n) is 7.76. The molecule has 3 fully saturated rings. The van der Waals surface area contributed by atoms with Crippen LogP contribution in [-0.2, 0) is 23.9 Å². The van der Waals surface area contributed by atoms with Crippen LogP contribution in [0.25, 0.3) is 0 Å². The molecule has 8 atom stereocenters. The van der Waals surface area contributed by atoms with Crippen molar-refractivity contribution >= 4 is 23.5 Å². The molecule has 0 amide bonds. The van der Waals surface area contributed by atoms with Crippen molar-refractivity contribution in [3.8, 4) is 0 Å². The third kappa shape index (κ3) is 3.66. The van der Waals surface area contributed by atoms with Gasteiger partial charge in [0.05, 0.1) is 18.9 Å². The van der Waals surface area contributed by atoms with Gasteiger partial charge >= 0.3 is 11.9 Å². The van der Waals surface area contributed by atoms with E-state index >= 15 is 0 Å². The first kappa shape index (κ1) is 24.8. The third-order valence-electron chi connectivity index (χ3n) is 9.34. The molecule has 0 unspecified atom stereocenters. The van der Waals surface area contributed by atoms with E-state index in [1.807, 2.05) is 13.0 Å². The van der Waals surface area contributed by atoms with Crippen LogP contribution in [0.5, 0.6) is 0 Å². The highest BCUT2D eigenvalue weighted by molar-refractivity contribution is 6.01. The summed E-state index contributed by atoms with van der Waals surface area (Å²) in [7, 11) is 0. The van der Waals surface area contributed by atoms with Gasteiger partial charge in [0.2, 0.25) is 5.78 Å². The molecule has 0 aromatic rings. The zero-order valence-electron chi connectivity index (χ0n) is 20.0. The predicted octanol–water partition coefficient (Wildman–Crippen LogP) is 2.22. The topological polar surface area (TPSA) is 138 Å². The predicted molar refractivity (Wildman–Crippen MR) is 120 cm³/mol. The Labute approximate surface area is 199 Å². The number of allylic oxidation sites excluding steroid dienone is 4. The summed E-state index contributed by atoms with van der Waals surface area (Å²) < 4.78 is 4.98. The first-order valence-corrected chi connectivity index (χ1v) is 12.1. The monoisotopic (exact) mass is 474 g/mol. The average Bonchev–Trinajstić information content (AvgIpc) is 3.03. The normalized spacial score (nSPS) is 42.8. The Hall–Kier alpha value is -2.32. The Kier molecular flexibility index (Phi) is 6.13. The van der Waals surface area contributed by atoms with Gasteiger partial charge in [0.15, 0.2) is 12.4 Å². The van der Waals surface area contributed by atoms with Gasteiger partial charge in [-0.25, -0.2) is 0 Å². The minimum absolute atomic E-state index is 0.00980. The summed E-state index contributed by atoms with van der Waals surface area (Å²) in [5.74, 6) is -2.51. The molecule has 4 aliphatic carbocycles. The number of hydrogen-bond donors (Lipinski definition) is 3. The van der Waals surface area contributed by atoms with E-state index in [2.05, 4.69) is 13.8 Å². The van der Waals surface area contributed by atoms with Crippen LogP contribution in [0.1, 0.15) is 59.3 Å². The molecule has 186 valence electrons. The Morgan fingerprint density at radius 3 is 2.59 bits per heavy atom. The summed E-state index contributed by atoms with van der Waals surface area (Å²) >= 11 is 0. The van der Waals surface area contributed by atoms with Crippen molar-refractivity contribution in [2.24, 2.45) is 34.5 Å². The first-order chi connectivity index (χ1) is 15.8. The molecule has 0 radical (unpaired) electrons. The average molecular weight is 475 g/mol. The number of carbonyl (C=O) groups is 4. The summed E-state index contributed by atoms with van der Waals surface area (Å²) in [5, 5.41) is 31.7. The molecule has 0 heterocycles. The van der Waals surface area contributed by atoms with E-state index in [-0.39, 0.29) is 55.1 Å². The maximum atomic E-state index is 13.1. The van der Waals surface area contributed by atoms with Crippen molar-refractivity contribution in [1.29, 1.82) is 0 Å². The SMILES string of the molecule is C[C@H]1C[C@@H]2[C@H]([C@@H](O)C[C@@]3(C)[C@@H]2CC[C@]3(O)C(=O)COC(=O)CCC(=O)O)[C@@]2(C)C=CC(=O)C=C12. The Morgan fingerprint density at radius 1 is 1.21 bits per heavy atom. The van der Waals surface area contributed by atoms with Gasteiger partial charge in [-0.3, -0.25) is 19.2 Å². The fraction of sp³-hybridized carbons (Fsp3) is 0.692. The van der Waals surface area contributed by atoms with Gasteiger partial charge in [-0.15, -0.1) is 0 Å². The molecule has 0 spiro atoms. The molecular weight excluding hydrogens is 440 g/mol. The van der Waals surface area contributed by atoms with E-state index in [0.29, 0.717) is 6.42 Å². The van der Waals surface area contributed by atoms with Crippen molar-refractivity contribution in [1.82, 2.24) is 0 Å². The van der Waals surface area contributed by atoms with Gasteiger partial charge in [-0.1, -0.05) is 32.4 Å². The minimum Gasteiger partial charge on any atom is -0.481 e. The number of Topliss-reactive ketones (excluding diaryl/α,β-unsaturated/α-hetero) is 1. The lowest BCUT2D eigenvalue weighted by atomic mass is 9.45. The minimum atomic E-state index is -1.74. The number of hydrogen-bond acceptors (Lipinski definition) is 7. The van der Waals surface area contributed by atoms with E-state index in [4.69, 9.17) is 9.84 Å². The van der Waals surface area contributed by atoms with Crippen LogP contribution in [0.3, 0.4) is 0 Å². The maximum absolute atomic E-state index is 13.1. The molecule has 3 N–H and O–H groups in total. The highest BCUT2D eigenvalue weighted by atomic mass is 16.5. The molecule has 4 rings (SSSR count). The summed E-state index contributed by atoms with van der Waals surface area (Å²) in [4.78, 5) is 47.7. The molecule has 0 saturated heterocycles. The molecule has 0 aromatic heterocycles. The number of carboxylic acids is 1. The number of aliphatic hydroxyl groups excluding tert-OH is 1. The summed E-state index contributed by atoms with van der Waals surface area (Å²) in [5.41, 5.74) is -2.04. The molecule has 34 heavy (non-hydrogen) atoms. The van der Waals surface area contributed by atoms with Crippen LogP contribution in [0, 0.1) is 34.5 Å². The van der Waals surface area contributed by atoms with Gasteiger partial charge in [0.1, 0.15) is 5.60 Å². The third-order valence-corrected chi connectivity index (χ3v) is 9.34. The van der Waals surface area contributed by atoms with Crippen LogP contribution >= 0.6 is 0 Å². The van der Waals surface area contributed by atoms with Crippen LogP contribution in [0.4, 0.5) is 0 Å². The molecule has 8 heteroatoms. The zero-order valence-corrected chi connectivity index (χ0v) is 20.0. The Balaban J connectivity index is 1.56. The highest BCUT2D eigenvalue weighted by Crippen LogP contribution is 2.67. The van der Waals surface area contributed by atoms with E-state index < -0.39 is 46.9 Å². The molecule has 8 nitrogen and oxygen atoms in total. The summed E-state index contributed by atoms with van der Waals surface area (Å²) in [6.07, 6.45) is 5.52. The van der Waals surface area contributed by atoms with Gasteiger partial charge in [-0.05, 0) is 55.6 Å². The summed E-state index contributed by atoms with van der Waals surface area (Å²) in [6, 6.07) is 0. The number of aliphatic hydroxyl groups is 2. The van der Waals surface area contributed by atoms with E-state index in [0.717, 1.165) is 12.0 Å². The van der Waals surface area contributed by atoms with E-state index in [1.54, 1.807) is 12.2 Å². The molecule has 0 aromatic carbocycles. The van der Waals surface area contributed by atoms with Crippen molar-refractivity contribution in [3.05, 3.63) is 23.8 Å². The molecular formula is C26H34O8. The van der Waals surface area contributed by atoms with Crippen molar-refractivity contribution in [2.45, 2.75) is 71.0 Å². The second kappa shape index (κ2) is 8.41. The Morgan fingerprint density at radius 2 is 1.91 bits per heavy atom. The van der Waals surface area contributed by atoms with Gasteiger partial charge in [0.25, 0.3) is 0 Å². The maximum Gasteiger partial charge on any atom is 0.306 e. The van der Waals surface area contributed by atoms with E-state index in [9.17, 15) is 29.4 Å². The fourth-order valence-corrected chi connectivity index (χ4v) is 7.76. The molecule has 4 aliphatic rings. The number of carboxylic acid groups (broad SMARTS) is 1. The van der Waals surface area contributed by atoms with Crippen LogP contribution in [0.15, 0.2) is 23.8 Å². The quantitative estimate of drug-likeness (QED) is 0.498. The van der Waals surface area contributed by atoms with Gasteiger partial charge < -0.3 is 20.1 Å².